The number of aryl methyl sites for hydroxylation is 1. The fraction of sp³-hybridized carbons (Fsp3) is 0.200. The van der Waals surface area contributed by atoms with E-state index in [1.54, 1.807) is 30.5 Å². The van der Waals surface area contributed by atoms with Crippen molar-refractivity contribution in [2.24, 2.45) is 0 Å². The molecule has 3 rings (SSSR count). The van der Waals surface area contributed by atoms with Gasteiger partial charge in [0.15, 0.2) is 0 Å². The lowest BCUT2D eigenvalue weighted by molar-refractivity contribution is -0.120. The molecule has 0 spiro atoms. The zero-order valence-corrected chi connectivity index (χ0v) is 14.2. The number of hydrogen-bond acceptors (Lipinski definition) is 4. The predicted octanol–water partition coefficient (Wildman–Crippen LogP) is 3.39. The summed E-state index contributed by atoms with van der Waals surface area (Å²) in [4.78, 5) is 23.6. The van der Waals surface area contributed by atoms with Crippen LogP contribution < -0.4 is 5.32 Å². The molecule has 2 aromatic carbocycles. The van der Waals surface area contributed by atoms with Crippen molar-refractivity contribution in [1.82, 2.24) is 5.32 Å². The van der Waals surface area contributed by atoms with Crippen LogP contribution in [0.25, 0.3) is 11.0 Å². The molecule has 1 amide bonds. The molecule has 0 bridgehead atoms. The maximum Gasteiger partial charge on any atom is 0.337 e. The van der Waals surface area contributed by atoms with Crippen molar-refractivity contribution >= 4 is 22.8 Å². The number of fused-ring (bicyclic) bond motifs is 1. The predicted molar refractivity (Wildman–Crippen MR) is 94.3 cm³/mol. The number of amides is 1. The Hall–Kier alpha value is -3.08. The number of ether oxygens (including phenoxy) is 1. The Bertz CT molecular complexity index is 909. The van der Waals surface area contributed by atoms with Gasteiger partial charge in [0.25, 0.3) is 0 Å². The first-order chi connectivity index (χ1) is 12.1. The van der Waals surface area contributed by atoms with Gasteiger partial charge < -0.3 is 14.5 Å². The molecule has 0 radical (unpaired) electrons. The molecule has 0 aliphatic heterocycles. The van der Waals surface area contributed by atoms with Gasteiger partial charge in [-0.05, 0) is 36.2 Å². The number of hydrogen-bond donors (Lipinski definition) is 1. The minimum Gasteiger partial charge on any atom is -0.465 e. The van der Waals surface area contributed by atoms with E-state index in [-0.39, 0.29) is 18.3 Å². The summed E-state index contributed by atoms with van der Waals surface area (Å²) in [6, 6.07) is 12.9. The van der Waals surface area contributed by atoms with Gasteiger partial charge in [-0.25, -0.2) is 4.79 Å². The number of carbonyl (C=O) groups excluding carboxylic acids is 2. The molecule has 0 fully saturated rings. The molecule has 3 aromatic rings. The summed E-state index contributed by atoms with van der Waals surface area (Å²) in [7, 11) is 1.34. The highest BCUT2D eigenvalue weighted by Gasteiger charge is 2.11. The largest absolute Gasteiger partial charge is 0.465 e. The molecule has 0 saturated heterocycles. The SMILES string of the molecule is COC(=O)c1ccc(CNC(=O)Cc2coc3cc(C)ccc23)cc1. The Morgan fingerprint density at radius 3 is 2.60 bits per heavy atom. The topological polar surface area (TPSA) is 68.5 Å². The lowest BCUT2D eigenvalue weighted by atomic mass is 10.1. The van der Waals surface area contributed by atoms with Gasteiger partial charge in [0, 0.05) is 17.5 Å². The highest BCUT2D eigenvalue weighted by molar-refractivity contribution is 5.89. The second-order valence-corrected chi connectivity index (χ2v) is 5.90. The summed E-state index contributed by atoms with van der Waals surface area (Å²) >= 11 is 0. The second-order valence-electron chi connectivity index (χ2n) is 5.90. The minimum absolute atomic E-state index is 0.0830. The van der Waals surface area contributed by atoms with Gasteiger partial charge in [0.05, 0.1) is 25.4 Å². The Morgan fingerprint density at radius 2 is 1.88 bits per heavy atom. The monoisotopic (exact) mass is 337 g/mol. The zero-order chi connectivity index (χ0) is 17.8. The van der Waals surface area contributed by atoms with Crippen molar-refractivity contribution in [3.05, 3.63) is 71.0 Å². The Morgan fingerprint density at radius 1 is 1.12 bits per heavy atom. The van der Waals surface area contributed by atoms with Crippen LogP contribution in [0.3, 0.4) is 0 Å². The van der Waals surface area contributed by atoms with E-state index in [1.165, 1.54) is 7.11 Å². The summed E-state index contributed by atoms with van der Waals surface area (Å²) in [5.74, 6) is -0.460. The first-order valence-electron chi connectivity index (χ1n) is 7.97. The highest BCUT2D eigenvalue weighted by atomic mass is 16.5. The van der Waals surface area contributed by atoms with E-state index in [9.17, 15) is 9.59 Å². The van der Waals surface area contributed by atoms with Gasteiger partial charge in [-0.2, -0.15) is 0 Å². The van der Waals surface area contributed by atoms with Crippen LogP contribution in [0.4, 0.5) is 0 Å². The molecule has 0 unspecified atom stereocenters. The van der Waals surface area contributed by atoms with Crippen molar-refractivity contribution in [2.45, 2.75) is 19.9 Å². The molecule has 0 atom stereocenters. The number of rotatable bonds is 5. The van der Waals surface area contributed by atoms with E-state index in [1.807, 2.05) is 25.1 Å². The molecular weight excluding hydrogens is 318 g/mol. The van der Waals surface area contributed by atoms with E-state index in [4.69, 9.17) is 4.42 Å². The Kier molecular flexibility index (Phi) is 4.84. The van der Waals surface area contributed by atoms with E-state index >= 15 is 0 Å². The first-order valence-corrected chi connectivity index (χ1v) is 7.97. The molecule has 1 heterocycles. The molecule has 0 aliphatic carbocycles. The molecule has 1 aromatic heterocycles. The molecular formula is C20H19NO4. The highest BCUT2D eigenvalue weighted by Crippen LogP contribution is 2.22. The lowest BCUT2D eigenvalue weighted by Gasteiger charge is -2.06. The maximum atomic E-state index is 12.2. The number of esters is 1. The van der Waals surface area contributed by atoms with Gasteiger partial charge in [-0.3, -0.25) is 4.79 Å². The van der Waals surface area contributed by atoms with Gasteiger partial charge >= 0.3 is 5.97 Å². The minimum atomic E-state index is -0.377. The standard InChI is InChI=1S/C20H19NO4/c1-13-3-8-17-16(12-25-18(17)9-13)10-19(22)21-11-14-4-6-15(7-5-14)20(23)24-2/h3-9,12H,10-11H2,1-2H3,(H,21,22). The van der Waals surface area contributed by atoms with Crippen LogP contribution in [0.15, 0.2) is 53.1 Å². The molecule has 5 nitrogen and oxygen atoms in total. The van der Waals surface area contributed by atoms with Gasteiger partial charge in [0.1, 0.15) is 5.58 Å². The van der Waals surface area contributed by atoms with Crippen molar-refractivity contribution in [1.29, 1.82) is 0 Å². The number of nitrogens with one attached hydrogen (secondary N) is 1. The average molecular weight is 337 g/mol. The van der Waals surface area contributed by atoms with E-state index < -0.39 is 0 Å². The fourth-order valence-corrected chi connectivity index (χ4v) is 2.64. The van der Waals surface area contributed by atoms with Crippen molar-refractivity contribution < 1.29 is 18.7 Å². The Balaban J connectivity index is 1.60. The molecule has 5 heteroatoms. The lowest BCUT2D eigenvalue weighted by Crippen LogP contribution is -2.24. The van der Waals surface area contributed by atoms with Gasteiger partial charge in [0.2, 0.25) is 5.91 Å². The summed E-state index contributed by atoms with van der Waals surface area (Å²) in [5.41, 5.74) is 4.18. The maximum absolute atomic E-state index is 12.2. The second kappa shape index (κ2) is 7.21. The summed E-state index contributed by atoms with van der Waals surface area (Å²) in [6.45, 7) is 2.40. The number of benzene rings is 2. The third-order valence-electron chi connectivity index (χ3n) is 4.03. The van der Waals surface area contributed by atoms with Crippen LogP contribution in [0.1, 0.15) is 27.0 Å². The van der Waals surface area contributed by atoms with E-state index in [2.05, 4.69) is 10.1 Å². The van der Waals surface area contributed by atoms with Crippen molar-refractivity contribution in [2.75, 3.05) is 7.11 Å². The van der Waals surface area contributed by atoms with Crippen LogP contribution in [0.2, 0.25) is 0 Å². The molecule has 128 valence electrons. The van der Waals surface area contributed by atoms with Gasteiger partial charge in [-0.1, -0.05) is 24.3 Å². The van der Waals surface area contributed by atoms with Crippen LogP contribution >= 0.6 is 0 Å². The Labute approximate surface area is 145 Å². The van der Waals surface area contributed by atoms with Crippen molar-refractivity contribution in [3.8, 4) is 0 Å². The first kappa shape index (κ1) is 16.8. The third kappa shape index (κ3) is 3.88. The van der Waals surface area contributed by atoms with Crippen LogP contribution in [0, 0.1) is 6.92 Å². The number of methoxy groups -OCH3 is 1. The van der Waals surface area contributed by atoms with Gasteiger partial charge in [-0.15, -0.1) is 0 Å². The average Bonchev–Trinajstić information content (AvgIpc) is 3.01. The van der Waals surface area contributed by atoms with Crippen LogP contribution in [0.5, 0.6) is 0 Å². The molecule has 0 aliphatic rings. The quantitative estimate of drug-likeness (QED) is 0.725. The van der Waals surface area contributed by atoms with E-state index in [0.29, 0.717) is 12.1 Å². The van der Waals surface area contributed by atoms with E-state index in [0.717, 1.165) is 27.7 Å². The number of carbonyl (C=O) groups is 2. The summed E-state index contributed by atoms with van der Waals surface area (Å²) in [5, 5.41) is 3.84. The molecule has 0 saturated carbocycles. The third-order valence-corrected chi connectivity index (χ3v) is 4.03. The fourth-order valence-electron chi connectivity index (χ4n) is 2.64. The molecule has 1 N–H and O–H groups in total. The van der Waals surface area contributed by atoms with Crippen molar-refractivity contribution in [3.63, 3.8) is 0 Å². The zero-order valence-electron chi connectivity index (χ0n) is 14.2. The van der Waals surface area contributed by atoms with Crippen LogP contribution in [-0.4, -0.2) is 19.0 Å². The van der Waals surface area contributed by atoms with Crippen LogP contribution in [-0.2, 0) is 22.5 Å². The number of furan rings is 1. The summed E-state index contributed by atoms with van der Waals surface area (Å²) in [6.07, 6.45) is 1.89. The summed E-state index contributed by atoms with van der Waals surface area (Å²) < 4.78 is 10.2. The normalized spacial score (nSPS) is 10.6. The molecule has 25 heavy (non-hydrogen) atoms. The smallest absolute Gasteiger partial charge is 0.337 e.